The van der Waals surface area contributed by atoms with Crippen molar-refractivity contribution in [1.82, 2.24) is 15.0 Å². The molecular weight excluding hydrogens is 310 g/mol. The predicted octanol–water partition coefficient (Wildman–Crippen LogP) is 4.06. The normalized spacial score (nSPS) is 21.0. The first kappa shape index (κ1) is 16.4. The van der Waals surface area contributed by atoms with Gasteiger partial charge in [-0.3, -0.25) is 0 Å². The molecule has 1 saturated carbocycles. The van der Waals surface area contributed by atoms with Crippen molar-refractivity contribution in [2.45, 2.75) is 57.6 Å². The van der Waals surface area contributed by atoms with E-state index >= 15 is 0 Å². The van der Waals surface area contributed by atoms with Gasteiger partial charge in [0.25, 0.3) is 0 Å². The molecule has 0 amide bonds. The van der Waals surface area contributed by atoms with Crippen molar-refractivity contribution >= 4 is 0 Å². The smallest absolute Gasteiger partial charge is 0.113 e. The van der Waals surface area contributed by atoms with Gasteiger partial charge in [-0.05, 0) is 44.2 Å². The van der Waals surface area contributed by atoms with Crippen LogP contribution in [0.15, 0.2) is 30.5 Å². The Morgan fingerprint density at radius 3 is 2.60 bits per heavy atom. The molecule has 4 heteroatoms. The van der Waals surface area contributed by atoms with Crippen LogP contribution in [0.2, 0.25) is 0 Å². The molecule has 0 N–H and O–H groups in total. The molecule has 0 spiro atoms. The molecule has 1 aromatic carbocycles. The van der Waals surface area contributed by atoms with Gasteiger partial charge in [-0.25, -0.2) is 4.68 Å². The van der Waals surface area contributed by atoms with E-state index in [1.165, 1.54) is 38.5 Å². The Kier molecular flexibility index (Phi) is 5.13. The van der Waals surface area contributed by atoms with E-state index in [0.717, 1.165) is 36.4 Å². The number of benzene rings is 1. The van der Waals surface area contributed by atoms with Crippen molar-refractivity contribution in [3.8, 4) is 23.1 Å². The standard InChI is InChI=1S/C21H25N3O/c1-2-6-17(5-1)8-9-18-10-12-19(13-11-18)21-16-24(23-22-21)15-20-7-3-4-14-25-20/h10-13,16-17,20H,1-7,14-15H2. The summed E-state index contributed by atoms with van der Waals surface area (Å²) in [7, 11) is 0. The summed E-state index contributed by atoms with van der Waals surface area (Å²) in [6.07, 6.45) is 11.0. The molecule has 1 aromatic heterocycles. The molecule has 4 rings (SSSR count). The minimum atomic E-state index is 0.275. The van der Waals surface area contributed by atoms with E-state index in [1.54, 1.807) is 0 Å². The number of hydrogen-bond donors (Lipinski definition) is 0. The maximum absolute atomic E-state index is 5.78. The maximum atomic E-state index is 5.78. The van der Waals surface area contributed by atoms with Crippen LogP contribution in [0.4, 0.5) is 0 Å². The molecule has 2 heterocycles. The first-order valence-corrected chi connectivity index (χ1v) is 9.50. The lowest BCUT2D eigenvalue weighted by molar-refractivity contribution is 0.00370. The molecule has 25 heavy (non-hydrogen) atoms. The number of ether oxygens (including phenoxy) is 1. The Bertz CT molecular complexity index is 741. The van der Waals surface area contributed by atoms with Crippen molar-refractivity contribution in [2.24, 2.45) is 5.92 Å². The van der Waals surface area contributed by atoms with Crippen molar-refractivity contribution in [3.05, 3.63) is 36.0 Å². The van der Waals surface area contributed by atoms with Gasteiger partial charge >= 0.3 is 0 Å². The van der Waals surface area contributed by atoms with E-state index in [-0.39, 0.29) is 6.10 Å². The highest BCUT2D eigenvalue weighted by Gasteiger charge is 2.15. The van der Waals surface area contributed by atoms with Crippen molar-refractivity contribution in [1.29, 1.82) is 0 Å². The van der Waals surface area contributed by atoms with Crippen LogP contribution in [0, 0.1) is 17.8 Å². The molecule has 130 valence electrons. The first-order chi connectivity index (χ1) is 12.4. The zero-order valence-corrected chi connectivity index (χ0v) is 14.7. The number of rotatable bonds is 3. The van der Waals surface area contributed by atoms with Gasteiger partial charge in [-0.1, -0.05) is 42.0 Å². The Balaban J connectivity index is 1.39. The van der Waals surface area contributed by atoms with Crippen LogP contribution in [0.1, 0.15) is 50.5 Å². The van der Waals surface area contributed by atoms with E-state index in [1.807, 2.05) is 10.9 Å². The fraction of sp³-hybridized carbons (Fsp3) is 0.524. The molecular formula is C21H25N3O. The lowest BCUT2D eigenvalue weighted by Gasteiger charge is -2.21. The average molecular weight is 335 g/mol. The van der Waals surface area contributed by atoms with E-state index in [4.69, 9.17) is 4.74 Å². The summed E-state index contributed by atoms with van der Waals surface area (Å²) in [4.78, 5) is 0. The summed E-state index contributed by atoms with van der Waals surface area (Å²) < 4.78 is 7.68. The van der Waals surface area contributed by atoms with Crippen LogP contribution in [0.3, 0.4) is 0 Å². The molecule has 0 radical (unpaired) electrons. The Morgan fingerprint density at radius 2 is 1.84 bits per heavy atom. The number of nitrogens with zero attached hydrogens (tertiary/aromatic N) is 3. The van der Waals surface area contributed by atoms with E-state index in [2.05, 4.69) is 46.4 Å². The third kappa shape index (κ3) is 4.29. The highest BCUT2D eigenvalue weighted by Crippen LogP contribution is 2.24. The quantitative estimate of drug-likeness (QED) is 0.794. The van der Waals surface area contributed by atoms with Crippen molar-refractivity contribution < 1.29 is 4.74 Å². The number of aromatic nitrogens is 3. The average Bonchev–Trinajstić information content (AvgIpc) is 3.33. The molecule has 4 nitrogen and oxygen atoms in total. The SMILES string of the molecule is C(#CC1CCCC1)c1ccc(-c2cn(CC3CCCCO3)nn2)cc1. The summed E-state index contributed by atoms with van der Waals surface area (Å²) in [5.41, 5.74) is 3.08. The van der Waals surface area contributed by atoms with Gasteiger partial charge in [0.15, 0.2) is 0 Å². The summed E-state index contributed by atoms with van der Waals surface area (Å²) in [5, 5.41) is 8.57. The van der Waals surface area contributed by atoms with E-state index in [0.29, 0.717) is 5.92 Å². The summed E-state index contributed by atoms with van der Waals surface area (Å²) in [6.45, 7) is 1.66. The van der Waals surface area contributed by atoms with Crippen molar-refractivity contribution in [3.63, 3.8) is 0 Å². The van der Waals surface area contributed by atoms with E-state index in [9.17, 15) is 0 Å². The molecule has 2 fully saturated rings. The molecule has 2 aliphatic rings. The molecule has 1 atom stereocenters. The van der Waals surface area contributed by atoms with Crippen LogP contribution < -0.4 is 0 Å². The number of hydrogen-bond acceptors (Lipinski definition) is 3. The summed E-state index contributed by atoms with van der Waals surface area (Å²) in [6, 6.07) is 8.34. The predicted molar refractivity (Wildman–Crippen MR) is 97.9 cm³/mol. The third-order valence-electron chi connectivity index (χ3n) is 5.16. The second-order valence-corrected chi connectivity index (χ2v) is 7.14. The highest BCUT2D eigenvalue weighted by atomic mass is 16.5. The van der Waals surface area contributed by atoms with Crippen LogP contribution in [-0.2, 0) is 11.3 Å². The van der Waals surface area contributed by atoms with Gasteiger partial charge in [-0.2, -0.15) is 0 Å². The zero-order valence-electron chi connectivity index (χ0n) is 14.7. The minimum Gasteiger partial charge on any atom is -0.376 e. The lowest BCUT2D eigenvalue weighted by atomic mass is 10.1. The van der Waals surface area contributed by atoms with E-state index < -0.39 is 0 Å². The van der Waals surface area contributed by atoms with Gasteiger partial charge in [0, 0.05) is 23.7 Å². The minimum absolute atomic E-state index is 0.275. The van der Waals surface area contributed by atoms with Crippen LogP contribution >= 0.6 is 0 Å². The van der Waals surface area contributed by atoms with Crippen LogP contribution in [0.25, 0.3) is 11.3 Å². The van der Waals surface area contributed by atoms with Gasteiger partial charge in [0.1, 0.15) is 5.69 Å². The molecule has 1 aliphatic carbocycles. The Hall–Kier alpha value is -2.12. The third-order valence-corrected chi connectivity index (χ3v) is 5.16. The zero-order chi connectivity index (χ0) is 16.9. The fourth-order valence-corrected chi connectivity index (χ4v) is 3.66. The topological polar surface area (TPSA) is 39.9 Å². The molecule has 1 aliphatic heterocycles. The molecule has 1 saturated heterocycles. The molecule has 1 unspecified atom stereocenters. The van der Waals surface area contributed by atoms with Gasteiger partial charge in [-0.15, -0.1) is 5.10 Å². The second kappa shape index (κ2) is 7.84. The van der Waals surface area contributed by atoms with Crippen LogP contribution in [0.5, 0.6) is 0 Å². The van der Waals surface area contributed by atoms with Gasteiger partial charge < -0.3 is 4.74 Å². The van der Waals surface area contributed by atoms with Crippen LogP contribution in [-0.4, -0.2) is 27.7 Å². The monoisotopic (exact) mass is 335 g/mol. The Labute approximate surface area is 149 Å². The van der Waals surface area contributed by atoms with Gasteiger partial charge in [0.05, 0.1) is 18.8 Å². The maximum Gasteiger partial charge on any atom is 0.113 e. The lowest BCUT2D eigenvalue weighted by Crippen LogP contribution is -2.24. The first-order valence-electron chi connectivity index (χ1n) is 9.50. The second-order valence-electron chi connectivity index (χ2n) is 7.14. The Morgan fingerprint density at radius 1 is 1.04 bits per heavy atom. The molecule has 2 aromatic rings. The highest BCUT2D eigenvalue weighted by molar-refractivity contribution is 5.59. The largest absolute Gasteiger partial charge is 0.376 e. The molecule has 0 bridgehead atoms. The summed E-state index contributed by atoms with van der Waals surface area (Å²) in [5.74, 6) is 7.33. The van der Waals surface area contributed by atoms with Crippen molar-refractivity contribution in [2.75, 3.05) is 6.61 Å². The fourth-order valence-electron chi connectivity index (χ4n) is 3.66. The van der Waals surface area contributed by atoms with Gasteiger partial charge in [0.2, 0.25) is 0 Å². The summed E-state index contributed by atoms with van der Waals surface area (Å²) >= 11 is 0.